The first-order chi connectivity index (χ1) is 17.1. The van der Waals surface area contributed by atoms with E-state index in [9.17, 15) is 22.8 Å². The van der Waals surface area contributed by atoms with E-state index in [1.807, 2.05) is 27.7 Å². The molecule has 3 N–H and O–H groups in total. The maximum Gasteiger partial charge on any atom is 0.416 e. The number of fused-ring (bicyclic) bond motifs is 1. The minimum absolute atomic E-state index is 0.133. The van der Waals surface area contributed by atoms with Crippen LogP contribution in [0, 0.1) is 11.8 Å². The molecular weight excluding hydrogens is 489 g/mol. The lowest BCUT2D eigenvalue weighted by molar-refractivity contribution is -0.137. The Morgan fingerprint density at radius 1 is 1.32 bits per heavy atom. The lowest BCUT2D eigenvalue weighted by Gasteiger charge is -2.39. The second-order valence-corrected chi connectivity index (χ2v) is 11.5. The van der Waals surface area contributed by atoms with Gasteiger partial charge in [-0.1, -0.05) is 0 Å². The van der Waals surface area contributed by atoms with Gasteiger partial charge in [0, 0.05) is 37.7 Å². The number of methoxy groups -OCH3 is 1. The highest BCUT2D eigenvalue weighted by atomic mass is 19.4. The number of halogens is 3. The van der Waals surface area contributed by atoms with Crippen LogP contribution in [0.4, 0.5) is 13.2 Å². The number of carbonyl (C=O) groups excluding carboxylic acids is 2. The molecule has 0 aromatic heterocycles. The zero-order valence-electron chi connectivity index (χ0n) is 21.8. The quantitative estimate of drug-likeness (QED) is 0.565. The molecule has 2 aliphatic heterocycles. The van der Waals surface area contributed by atoms with Crippen LogP contribution in [0.1, 0.15) is 70.5 Å². The molecule has 37 heavy (non-hydrogen) atoms. The Labute approximate surface area is 214 Å². The van der Waals surface area contributed by atoms with Crippen molar-refractivity contribution in [3.63, 3.8) is 0 Å². The van der Waals surface area contributed by atoms with E-state index in [0.29, 0.717) is 37.2 Å². The summed E-state index contributed by atoms with van der Waals surface area (Å²) >= 11 is 0. The molecule has 4 rings (SSSR count). The number of benzene rings is 1. The van der Waals surface area contributed by atoms with E-state index in [0.717, 1.165) is 12.1 Å². The van der Waals surface area contributed by atoms with Crippen molar-refractivity contribution in [3.8, 4) is 5.75 Å². The highest BCUT2D eigenvalue weighted by Crippen LogP contribution is 2.47. The zero-order chi connectivity index (χ0) is 27.3. The van der Waals surface area contributed by atoms with E-state index in [-0.39, 0.29) is 36.2 Å². The molecule has 8 nitrogen and oxygen atoms in total. The Morgan fingerprint density at radius 2 is 2.03 bits per heavy atom. The van der Waals surface area contributed by atoms with Gasteiger partial charge in [-0.05, 0) is 64.7 Å². The third-order valence-corrected chi connectivity index (χ3v) is 7.25. The van der Waals surface area contributed by atoms with Gasteiger partial charge in [0.15, 0.2) is 5.96 Å². The van der Waals surface area contributed by atoms with Gasteiger partial charge in [-0.25, -0.2) is 4.99 Å². The number of guanidine groups is 1. The van der Waals surface area contributed by atoms with Crippen molar-refractivity contribution < 1.29 is 32.2 Å². The smallest absolute Gasteiger partial charge is 0.416 e. The minimum Gasteiger partial charge on any atom is -0.487 e. The van der Waals surface area contributed by atoms with Gasteiger partial charge in [0.1, 0.15) is 11.4 Å². The average molecular weight is 525 g/mol. The Kier molecular flexibility index (Phi) is 6.98. The first-order valence-electron chi connectivity index (χ1n) is 12.5. The Morgan fingerprint density at radius 3 is 2.65 bits per heavy atom. The Balaban J connectivity index is 1.54. The topological polar surface area (TPSA) is 106 Å². The van der Waals surface area contributed by atoms with E-state index in [1.54, 1.807) is 7.11 Å². The van der Waals surface area contributed by atoms with Crippen molar-refractivity contribution in [2.75, 3.05) is 13.7 Å². The number of carbonyl (C=O) groups is 2. The highest BCUT2D eigenvalue weighted by molar-refractivity contribution is 5.99. The van der Waals surface area contributed by atoms with E-state index in [2.05, 4.69) is 10.3 Å². The summed E-state index contributed by atoms with van der Waals surface area (Å²) < 4.78 is 51.3. The average Bonchev–Trinajstić information content (AvgIpc) is 3.54. The second-order valence-electron chi connectivity index (χ2n) is 11.5. The molecule has 4 atom stereocenters. The number of nitrogens with one attached hydrogen (secondary N) is 1. The molecule has 2 unspecified atom stereocenters. The van der Waals surface area contributed by atoms with Crippen LogP contribution in [0.3, 0.4) is 0 Å². The molecule has 1 aromatic rings. The van der Waals surface area contributed by atoms with Crippen LogP contribution in [0.15, 0.2) is 23.2 Å². The number of rotatable bonds is 7. The summed E-state index contributed by atoms with van der Waals surface area (Å²) in [5.74, 6) is -0.526. The molecular formula is C26H35F3N4O4. The predicted octanol–water partition coefficient (Wildman–Crippen LogP) is 3.79. The number of nitrogens with two attached hydrogens (primary N) is 1. The summed E-state index contributed by atoms with van der Waals surface area (Å²) in [5, 5.41) is 2.97. The number of alkyl halides is 3. The fourth-order valence-electron chi connectivity index (χ4n) is 5.49. The summed E-state index contributed by atoms with van der Waals surface area (Å²) in [4.78, 5) is 32.3. The molecule has 1 saturated carbocycles. The monoisotopic (exact) mass is 524 g/mol. The maximum absolute atomic E-state index is 13.4. The fraction of sp³-hybridized carbons (Fsp3) is 0.654. The van der Waals surface area contributed by atoms with Crippen molar-refractivity contribution in [1.29, 1.82) is 0 Å². The molecule has 0 bridgehead atoms. The standard InChI is InChI=1S/C26H35F3N4O4/c1-24(2)13-21(34)33(23(30)32-24)19(8-9-36-5)15-11-16(15)22(35)31-18-12-25(3,4)37-20-7-6-14(10-17(18)20)26(27,28)29/h6-7,10,15-16,18-19H,8-9,11-13H2,1-5H3,(H2,30,32)(H,31,35)/t15?,16?,18-,19+/m0/s1. The third-order valence-electron chi connectivity index (χ3n) is 7.25. The second kappa shape index (κ2) is 9.49. The van der Waals surface area contributed by atoms with Crippen LogP contribution in [-0.4, -0.2) is 53.6 Å². The Bertz CT molecular complexity index is 1100. The largest absolute Gasteiger partial charge is 0.487 e. The van der Waals surface area contributed by atoms with Gasteiger partial charge in [0.2, 0.25) is 11.8 Å². The van der Waals surface area contributed by atoms with Gasteiger partial charge < -0.3 is 20.5 Å². The van der Waals surface area contributed by atoms with Gasteiger partial charge in [0.05, 0.1) is 23.6 Å². The van der Waals surface area contributed by atoms with Crippen LogP contribution in [-0.2, 0) is 20.5 Å². The fourth-order valence-corrected chi connectivity index (χ4v) is 5.49. The number of nitrogens with zero attached hydrogens (tertiary/aromatic N) is 2. The van der Waals surface area contributed by atoms with Crippen LogP contribution in [0.5, 0.6) is 5.75 Å². The highest BCUT2D eigenvalue weighted by Gasteiger charge is 2.52. The van der Waals surface area contributed by atoms with Gasteiger partial charge in [-0.15, -0.1) is 0 Å². The lowest BCUT2D eigenvalue weighted by Crippen LogP contribution is -2.55. The molecule has 1 aliphatic carbocycles. The summed E-state index contributed by atoms with van der Waals surface area (Å²) in [7, 11) is 1.56. The van der Waals surface area contributed by atoms with Crippen LogP contribution in [0.25, 0.3) is 0 Å². The van der Waals surface area contributed by atoms with Gasteiger partial charge in [0.25, 0.3) is 0 Å². The minimum atomic E-state index is -4.51. The van der Waals surface area contributed by atoms with E-state index < -0.39 is 34.8 Å². The molecule has 3 aliphatic rings. The molecule has 0 radical (unpaired) electrons. The molecule has 204 valence electrons. The molecule has 11 heteroatoms. The summed E-state index contributed by atoms with van der Waals surface area (Å²) in [6.07, 6.45) is -2.98. The molecule has 0 saturated heterocycles. The number of aliphatic imine (C=N–C) groups is 1. The first kappa shape index (κ1) is 27.2. The van der Waals surface area contributed by atoms with E-state index in [1.165, 1.54) is 11.0 Å². The van der Waals surface area contributed by atoms with E-state index >= 15 is 0 Å². The van der Waals surface area contributed by atoms with Crippen LogP contribution < -0.4 is 15.8 Å². The number of hydrogen-bond donors (Lipinski definition) is 2. The maximum atomic E-state index is 13.4. The summed E-state index contributed by atoms with van der Waals surface area (Å²) in [5.41, 5.74) is 4.44. The predicted molar refractivity (Wildman–Crippen MR) is 131 cm³/mol. The Hall–Kier alpha value is -2.82. The zero-order valence-corrected chi connectivity index (χ0v) is 21.8. The van der Waals surface area contributed by atoms with Gasteiger partial charge in [-0.3, -0.25) is 14.5 Å². The van der Waals surface area contributed by atoms with Crippen LogP contribution in [0.2, 0.25) is 0 Å². The van der Waals surface area contributed by atoms with E-state index in [4.69, 9.17) is 15.2 Å². The third kappa shape index (κ3) is 5.86. The van der Waals surface area contributed by atoms with Gasteiger partial charge in [-0.2, -0.15) is 13.2 Å². The summed E-state index contributed by atoms with van der Waals surface area (Å²) in [6, 6.07) is 2.34. The molecule has 0 spiro atoms. The van der Waals surface area contributed by atoms with Crippen molar-refractivity contribution in [1.82, 2.24) is 10.2 Å². The van der Waals surface area contributed by atoms with Gasteiger partial charge >= 0.3 is 6.18 Å². The van der Waals surface area contributed by atoms with Crippen molar-refractivity contribution in [3.05, 3.63) is 29.3 Å². The van der Waals surface area contributed by atoms with Crippen molar-refractivity contribution in [2.24, 2.45) is 22.6 Å². The SMILES string of the molecule is COCC[C@H](C1CC1C(=O)N[C@H]1CC(C)(C)Oc2ccc(C(F)(F)F)cc21)N1C(=O)CC(C)(C)N=C1N. The molecule has 1 fully saturated rings. The number of ether oxygens (including phenoxy) is 2. The normalized spacial score (nSPS) is 27.0. The van der Waals surface area contributed by atoms with Crippen molar-refractivity contribution in [2.45, 2.75) is 82.8 Å². The number of hydrogen-bond acceptors (Lipinski definition) is 6. The first-order valence-corrected chi connectivity index (χ1v) is 12.5. The molecule has 1 aromatic carbocycles. The lowest BCUT2D eigenvalue weighted by atomic mass is 9.88. The molecule has 2 amide bonds. The number of amides is 2. The molecule has 2 heterocycles. The van der Waals surface area contributed by atoms with Crippen LogP contribution >= 0.6 is 0 Å². The van der Waals surface area contributed by atoms with Crippen molar-refractivity contribution >= 4 is 17.8 Å². The summed E-state index contributed by atoms with van der Waals surface area (Å²) in [6.45, 7) is 7.71.